The summed E-state index contributed by atoms with van der Waals surface area (Å²) in [5.74, 6) is 0.348. The number of nitrogens with zero attached hydrogens (tertiary/aromatic N) is 1. The number of hydrogen-bond acceptors (Lipinski definition) is 3. The third kappa shape index (κ3) is 7.57. The zero-order chi connectivity index (χ0) is 37.6. The molecule has 0 N–H and O–H groups in total. The predicted octanol–water partition coefficient (Wildman–Crippen LogP) is 15.3. The molecule has 2 aromatic heterocycles. The van der Waals surface area contributed by atoms with Crippen molar-refractivity contribution in [3.05, 3.63) is 225 Å². The molecule has 0 spiro atoms. The zero-order valence-corrected chi connectivity index (χ0v) is 31.5. The van der Waals surface area contributed by atoms with E-state index in [-0.39, 0.29) is 0 Å². The summed E-state index contributed by atoms with van der Waals surface area (Å²) >= 11 is 1.82. The molecular weight excluding hydrogens is 687 g/mol. The SMILES string of the molecule is C=C/C=C\C=C\C1C=CC(N(c2ccc(/C(C=C)=C/C=C)cc2)c2ccc(-c3ccc(-c4ccc(-c5ccc6oc7ccccc7c6c5)cc4)s3)cc2)=CC1. The molecule has 3 heteroatoms. The third-order valence-electron chi connectivity index (χ3n) is 9.96. The van der Waals surface area contributed by atoms with Crippen LogP contribution in [-0.2, 0) is 0 Å². The molecule has 266 valence electrons. The summed E-state index contributed by atoms with van der Waals surface area (Å²) in [4.78, 5) is 4.82. The van der Waals surface area contributed by atoms with Gasteiger partial charge < -0.3 is 9.32 Å². The van der Waals surface area contributed by atoms with Gasteiger partial charge in [-0.15, -0.1) is 11.3 Å². The monoisotopic (exact) mass is 727 g/mol. The van der Waals surface area contributed by atoms with E-state index in [2.05, 4.69) is 170 Å². The number of allylic oxidation sites excluding steroid dienone is 12. The first-order valence-corrected chi connectivity index (χ1v) is 19.4. The lowest BCUT2D eigenvalue weighted by Gasteiger charge is -2.29. The Hall–Kier alpha value is -6.68. The summed E-state index contributed by atoms with van der Waals surface area (Å²) in [6.45, 7) is 11.6. The van der Waals surface area contributed by atoms with Crippen LogP contribution < -0.4 is 4.90 Å². The summed E-state index contributed by atoms with van der Waals surface area (Å²) in [6, 6.07) is 45.6. The molecule has 2 nitrogen and oxygen atoms in total. The molecule has 0 radical (unpaired) electrons. The molecule has 0 fully saturated rings. The Balaban J connectivity index is 1.03. The van der Waals surface area contributed by atoms with Gasteiger partial charge in [0.2, 0.25) is 0 Å². The van der Waals surface area contributed by atoms with Gasteiger partial charge in [-0.2, -0.15) is 0 Å². The highest BCUT2D eigenvalue weighted by molar-refractivity contribution is 7.18. The predicted molar refractivity (Wildman–Crippen MR) is 239 cm³/mol. The maximum atomic E-state index is 6.05. The second-order valence-corrected chi connectivity index (χ2v) is 14.5. The van der Waals surface area contributed by atoms with Gasteiger partial charge >= 0.3 is 0 Å². The van der Waals surface area contributed by atoms with Crippen LogP contribution in [0.5, 0.6) is 0 Å². The van der Waals surface area contributed by atoms with Crippen molar-refractivity contribution in [3.63, 3.8) is 0 Å². The largest absolute Gasteiger partial charge is 0.456 e. The van der Waals surface area contributed by atoms with E-state index in [0.29, 0.717) is 5.92 Å². The Morgan fingerprint density at radius 2 is 1.29 bits per heavy atom. The number of para-hydroxylation sites is 1. The Bertz CT molecular complexity index is 2660. The Morgan fingerprint density at radius 1 is 0.636 bits per heavy atom. The Morgan fingerprint density at radius 3 is 1.96 bits per heavy atom. The van der Waals surface area contributed by atoms with Crippen molar-refractivity contribution in [2.24, 2.45) is 5.92 Å². The van der Waals surface area contributed by atoms with Crippen molar-refractivity contribution < 1.29 is 4.42 Å². The summed E-state index contributed by atoms with van der Waals surface area (Å²) in [6.07, 6.45) is 23.5. The van der Waals surface area contributed by atoms with Gasteiger partial charge in [0.15, 0.2) is 0 Å². The van der Waals surface area contributed by atoms with E-state index in [0.717, 1.165) is 56.6 Å². The van der Waals surface area contributed by atoms with E-state index < -0.39 is 0 Å². The standard InChI is InChI=1S/C52H41NOS/c1-4-7-8-9-13-37-16-27-44(28-17-37)53(45-29-22-39(23-30-45)38(6-3)12-5-2)46-31-24-42(25-32-46)52-35-34-51(55-52)41-20-18-40(19-21-41)43-26-33-50-48(36-43)47-14-10-11-15-49(47)54-50/h4-16,18-37H,1-3,17H2/b8-7-,13-9+,38-12+. The molecule has 8 rings (SSSR count). The number of furan rings is 1. The van der Waals surface area contributed by atoms with Gasteiger partial charge in [-0.3, -0.25) is 0 Å². The normalized spacial score (nSPS) is 14.5. The van der Waals surface area contributed by atoms with Gasteiger partial charge in [0.05, 0.1) is 0 Å². The van der Waals surface area contributed by atoms with Crippen LogP contribution in [-0.4, -0.2) is 0 Å². The molecule has 0 saturated carbocycles. The number of rotatable bonds is 12. The van der Waals surface area contributed by atoms with E-state index in [1.54, 1.807) is 12.2 Å². The number of fused-ring (bicyclic) bond motifs is 3. The van der Waals surface area contributed by atoms with E-state index in [1.165, 1.54) is 32.0 Å². The Labute approximate surface area is 327 Å². The van der Waals surface area contributed by atoms with Gasteiger partial charge in [-0.25, -0.2) is 0 Å². The highest BCUT2D eigenvalue weighted by Crippen LogP contribution is 2.39. The highest BCUT2D eigenvalue weighted by atomic mass is 32.1. The van der Waals surface area contributed by atoms with Crippen molar-refractivity contribution in [2.75, 3.05) is 4.90 Å². The molecular formula is C52H41NOS. The average molecular weight is 728 g/mol. The van der Waals surface area contributed by atoms with Crippen molar-refractivity contribution in [3.8, 4) is 32.0 Å². The van der Waals surface area contributed by atoms with Crippen molar-refractivity contribution >= 4 is 50.2 Å². The van der Waals surface area contributed by atoms with Crippen LogP contribution in [0.4, 0.5) is 11.4 Å². The number of hydrogen-bond donors (Lipinski definition) is 0. The molecule has 1 aliphatic rings. The molecule has 1 aliphatic carbocycles. The first kappa shape index (κ1) is 35.4. The molecule has 0 bridgehead atoms. The van der Waals surface area contributed by atoms with Gasteiger partial charge in [0.1, 0.15) is 11.2 Å². The fourth-order valence-corrected chi connectivity index (χ4v) is 8.12. The fraction of sp³-hybridized carbons (Fsp3) is 0.0385. The molecule has 1 unspecified atom stereocenters. The lowest BCUT2D eigenvalue weighted by atomic mass is 9.97. The van der Waals surface area contributed by atoms with Crippen LogP contribution in [0.25, 0.3) is 59.5 Å². The topological polar surface area (TPSA) is 16.4 Å². The maximum Gasteiger partial charge on any atom is 0.135 e. The van der Waals surface area contributed by atoms with E-state index in [9.17, 15) is 0 Å². The average Bonchev–Trinajstić information content (AvgIpc) is 3.88. The molecule has 7 aromatic rings. The van der Waals surface area contributed by atoms with Crippen LogP contribution in [0, 0.1) is 5.92 Å². The zero-order valence-electron chi connectivity index (χ0n) is 30.6. The minimum atomic E-state index is 0.348. The highest BCUT2D eigenvalue weighted by Gasteiger charge is 2.17. The van der Waals surface area contributed by atoms with Crippen molar-refractivity contribution in [1.29, 1.82) is 0 Å². The molecule has 55 heavy (non-hydrogen) atoms. The van der Waals surface area contributed by atoms with Crippen LogP contribution in [0.2, 0.25) is 0 Å². The molecule has 0 amide bonds. The summed E-state index contributed by atoms with van der Waals surface area (Å²) in [7, 11) is 0. The first-order chi connectivity index (χ1) is 27.1. The third-order valence-corrected chi connectivity index (χ3v) is 11.1. The quantitative estimate of drug-likeness (QED) is 0.117. The number of benzene rings is 5. The minimum absolute atomic E-state index is 0.348. The van der Waals surface area contributed by atoms with Gasteiger partial charge in [0.25, 0.3) is 0 Å². The molecule has 5 aromatic carbocycles. The van der Waals surface area contributed by atoms with E-state index in [1.807, 2.05) is 47.8 Å². The van der Waals surface area contributed by atoms with Crippen LogP contribution in [0.15, 0.2) is 224 Å². The van der Waals surface area contributed by atoms with Gasteiger partial charge in [0, 0.05) is 37.6 Å². The molecule has 1 atom stereocenters. The lowest BCUT2D eigenvalue weighted by Crippen LogP contribution is -2.17. The van der Waals surface area contributed by atoms with Crippen LogP contribution in [0.3, 0.4) is 0 Å². The molecule has 0 saturated heterocycles. The summed E-state index contributed by atoms with van der Waals surface area (Å²) < 4.78 is 6.05. The smallest absolute Gasteiger partial charge is 0.135 e. The molecule has 2 heterocycles. The maximum absolute atomic E-state index is 6.05. The van der Waals surface area contributed by atoms with Crippen LogP contribution >= 0.6 is 11.3 Å². The summed E-state index contributed by atoms with van der Waals surface area (Å²) in [5.41, 5.74) is 12.1. The fourth-order valence-electron chi connectivity index (χ4n) is 7.10. The molecule has 0 aliphatic heterocycles. The second-order valence-electron chi connectivity index (χ2n) is 13.4. The lowest BCUT2D eigenvalue weighted by molar-refractivity contribution is 0.669. The number of thiophene rings is 1. The van der Waals surface area contributed by atoms with E-state index in [4.69, 9.17) is 4.42 Å². The van der Waals surface area contributed by atoms with Gasteiger partial charge in [-0.05, 0) is 106 Å². The van der Waals surface area contributed by atoms with Crippen molar-refractivity contribution in [2.45, 2.75) is 6.42 Å². The second kappa shape index (κ2) is 16.1. The summed E-state index contributed by atoms with van der Waals surface area (Å²) in [5, 5.41) is 2.29. The van der Waals surface area contributed by atoms with Gasteiger partial charge in [-0.1, -0.05) is 153 Å². The Kier molecular flexibility index (Phi) is 10.4. The van der Waals surface area contributed by atoms with Crippen LogP contribution in [0.1, 0.15) is 12.0 Å². The van der Waals surface area contributed by atoms with E-state index >= 15 is 0 Å². The van der Waals surface area contributed by atoms with Crippen molar-refractivity contribution in [1.82, 2.24) is 0 Å². The number of anilines is 2. The minimum Gasteiger partial charge on any atom is -0.456 e. The first-order valence-electron chi connectivity index (χ1n) is 18.5.